The van der Waals surface area contributed by atoms with Gasteiger partial charge in [-0.15, -0.1) is 30.1 Å². The number of amides is 1. The molecule has 0 radical (unpaired) electrons. The largest absolute Gasteiger partial charge is 0.480 e. The number of carbonyl (C=O) groups excluding carboxylic acids is 1. The van der Waals surface area contributed by atoms with Gasteiger partial charge in [0.2, 0.25) is 5.91 Å². The first-order chi connectivity index (χ1) is 9.39. The van der Waals surface area contributed by atoms with Crippen molar-refractivity contribution in [3.63, 3.8) is 0 Å². The Bertz CT molecular complexity index is 442. The Hall–Kier alpha value is -0.660. The van der Waals surface area contributed by atoms with E-state index in [9.17, 15) is 19.8 Å². The third-order valence-electron chi connectivity index (χ3n) is 3.71. The van der Waals surface area contributed by atoms with Crippen molar-refractivity contribution in [3.8, 4) is 0 Å². The minimum Gasteiger partial charge on any atom is -0.480 e. The number of carboxylic acids is 1. The number of thioether (sulfide) groups is 2. The Balaban J connectivity index is 2.36. The van der Waals surface area contributed by atoms with Gasteiger partial charge in [0.1, 0.15) is 0 Å². The third kappa shape index (κ3) is 2.16. The van der Waals surface area contributed by atoms with Gasteiger partial charge in [0, 0.05) is 0 Å². The van der Waals surface area contributed by atoms with E-state index in [2.05, 4.69) is 6.58 Å². The Morgan fingerprint density at radius 1 is 1.70 bits per heavy atom. The Kier molecular flexibility index (Phi) is 4.41. The number of fused-ring (bicyclic) bond motifs is 1. The molecule has 0 bridgehead atoms. The van der Waals surface area contributed by atoms with Crippen LogP contribution in [0.4, 0.5) is 0 Å². The number of carbonyl (C=O) groups is 2. The molecule has 2 N–H and O–H groups in total. The molecule has 0 aromatic carbocycles. The summed E-state index contributed by atoms with van der Waals surface area (Å²) >= 11 is 3.04. The van der Waals surface area contributed by atoms with E-state index < -0.39 is 28.1 Å². The van der Waals surface area contributed by atoms with Crippen LogP contribution in [0.3, 0.4) is 0 Å². The summed E-state index contributed by atoms with van der Waals surface area (Å²) < 4.78 is -0.605. The monoisotopic (exact) mass is 317 g/mol. The molecule has 7 heteroatoms. The van der Waals surface area contributed by atoms with Crippen molar-refractivity contribution in [2.24, 2.45) is 5.92 Å². The van der Waals surface area contributed by atoms with Gasteiger partial charge in [-0.05, 0) is 19.1 Å². The average molecular weight is 317 g/mol. The molecule has 0 aliphatic carbocycles. The summed E-state index contributed by atoms with van der Waals surface area (Å²) in [4.78, 5) is 25.2. The molecule has 5 nitrogen and oxygen atoms in total. The quantitative estimate of drug-likeness (QED) is 0.569. The molecule has 2 saturated heterocycles. The number of aliphatic hydroxyl groups excluding tert-OH is 1. The van der Waals surface area contributed by atoms with Gasteiger partial charge in [-0.1, -0.05) is 13.0 Å². The number of hydrogen-bond acceptors (Lipinski definition) is 5. The predicted octanol–water partition coefficient (Wildman–Crippen LogP) is 1.38. The van der Waals surface area contributed by atoms with Crippen LogP contribution in [0.2, 0.25) is 0 Å². The van der Waals surface area contributed by atoms with Gasteiger partial charge in [-0.2, -0.15) is 0 Å². The van der Waals surface area contributed by atoms with Crippen molar-refractivity contribution >= 4 is 35.4 Å². The normalized spacial score (nSPS) is 37.2. The fraction of sp³-hybridized carbons (Fsp3) is 0.692. The van der Waals surface area contributed by atoms with Gasteiger partial charge >= 0.3 is 5.97 Å². The lowest BCUT2D eigenvalue weighted by Gasteiger charge is -2.44. The molecular formula is C13H19NO4S2. The summed E-state index contributed by atoms with van der Waals surface area (Å²) in [6.07, 6.45) is 1.47. The van der Waals surface area contributed by atoms with E-state index in [1.54, 1.807) is 24.8 Å². The number of hydrogen-bond donors (Lipinski definition) is 2. The van der Waals surface area contributed by atoms with E-state index in [1.807, 2.05) is 6.92 Å². The lowest BCUT2D eigenvalue weighted by molar-refractivity contribution is -0.167. The highest BCUT2D eigenvalue weighted by Crippen LogP contribution is 2.60. The van der Waals surface area contributed by atoms with Crippen molar-refractivity contribution < 1.29 is 19.8 Å². The smallest absolute Gasteiger partial charge is 0.328 e. The van der Waals surface area contributed by atoms with Gasteiger partial charge in [-0.3, -0.25) is 4.79 Å². The molecule has 0 aromatic heterocycles. The average Bonchev–Trinajstić information content (AvgIpc) is 2.61. The molecule has 2 fully saturated rings. The van der Waals surface area contributed by atoms with Gasteiger partial charge in [0.15, 0.2) is 6.04 Å². The number of nitrogens with zero attached hydrogens (tertiary/aromatic N) is 1. The molecule has 1 amide bonds. The summed E-state index contributed by atoms with van der Waals surface area (Å²) in [5, 5.41) is 19.0. The van der Waals surface area contributed by atoms with Crippen LogP contribution < -0.4 is 0 Å². The summed E-state index contributed by atoms with van der Waals surface area (Å²) in [5.41, 5.74) is 0. The Labute approximate surface area is 126 Å². The maximum Gasteiger partial charge on any atom is 0.328 e. The number of allylic oxidation sites excluding steroid dienone is 1. The van der Waals surface area contributed by atoms with E-state index in [4.69, 9.17) is 0 Å². The highest BCUT2D eigenvalue weighted by Gasteiger charge is 2.67. The Morgan fingerprint density at radius 2 is 2.35 bits per heavy atom. The number of aliphatic carboxylic acids is 1. The first kappa shape index (κ1) is 15.7. The number of aliphatic hydroxyl groups is 1. The lowest BCUT2D eigenvalue weighted by atomic mass is 9.90. The topological polar surface area (TPSA) is 77.8 Å². The molecule has 0 saturated carbocycles. The highest BCUT2D eigenvalue weighted by molar-refractivity contribution is 8.18. The number of carboxylic acid groups (broad SMARTS) is 1. The summed E-state index contributed by atoms with van der Waals surface area (Å²) in [6, 6.07) is -0.858. The molecule has 2 rings (SSSR count). The van der Waals surface area contributed by atoms with Gasteiger partial charge < -0.3 is 15.1 Å². The second-order valence-corrected chi connectivity index (χ2v) is 8.30. The van der Waals surface area contributed by atoms with Crippen molar-refractivity contribution in [3.05, 3.63) is 12.7 Å². The van der Waals surface area contributed by atoms with Gasteiger partial charge in [0.05, 0.1) is 21.5 Å². The van der Waals surface area contributed by atoms with Crippen molar-refractivity contribution in [1.29, 1.82) is 0 Å². The van der Waals surface area contributed by atoms with Crippen LogP contribution >= 0.6 is 23.5 Å². The van der Waals surface area contributed by atoms with Crippen LogP contribution in [0.15, 0.2) is 12.7 Å². The van der Waals surface area contributed by atoms with E-state index >= 15 is 0 Å². The zero-order valence-electron chi connectivity index (χ0n) is 11.5. The molecule has 0 spiro atoms. The maximum atomic E-state index is 12.2. The second-order valence-electron chi connectivity index (χ2n) is 5.00. The van der Waals surface area contributed by atoms with Gasteiger partial charge in [-0.25, -0.2) is 4.79 Å². The molecule has 20 heavy (non-hydrogen) atoms. The molecular weight excluding hydrogens is 298 g/mol. The molecule has 3 unspecified atom stereocenters. The van der Waals surface area contributed by atoms with Crippen molar-refractivity contribution in [2.45, 2.75) is 41.9 Å². The van der Waals surface area contributed by atoms with E-state index in [1.165, 1.54) is 16.7 Å². The Morgan fingerprint density at radius 3 is 2.80 bits per heavy atom. The van der Waals surface area contributed by atoms with Crippen LogP contribution in [-0.4, -0.2) is 54.3 Å². The van der Waals surface area contributed by atoms with E-state index in [0.717, 1.165) is 5.75 Å². The highest BCUT2D eigenvalue weighted by atomic mass is 32.2. The first-order valence-electron chi connectivity index (χ1n) is 6.55. The van der Waals surface area contributed by atoms with Crippen molar-refractivity contribution in [1.82, 2.24) is 4.90 Å². The zero-order chi connectivity index (χ0) is 15.1. The van der Waals surface area contributed by atoms with Crippen LogP contribution in [0.5, 0.6) is 0 Å². The maximum absolute atomic E-state index is 12.2. The predicted molar refractivity (Wildman–Crippen MR) is 80.5 cm³/mol. The second kappa shape index (κ2) is 5.61. The molecule has 0 aromatic rings. The zero-order valence-corrected chi connectivity index (χ0v) is 13.1. The molecule has 2 aliphatic rings. The molecule has 2 heterocycles. The fourth-order valence-electron chi connectivity index (χ4n) is 2.92. The van der Waals surface area contributed by atoms with Crippen molar-refractivity contribution in [2.75, 3.05) is 5.75 Å². The molecule has 5 atom stereocenters. The van der Waals surface area contributed by atoms with E-state index in [0.29, 0.717) is 6.42 Å². The lowest BCUT2D eigenvalue weighted by Crippen LogP contribution is -2.65. The van der Waals surface area contributed by atoms with Crippen LogP contribution in [0.25, 0.3) is 0 Å². The number of rotatable bonds is 6. The van der Waals surface area contributed by atoms with Gasteiger partial charge in [0.25, 0.3) is 0 Å². The summed E-state index contributed by atoms with van der Waals surface area (Å²) in [6.45, 7) is 7.27. The minimum atomic E-state index is -0.986. The summed E-state index contributed by atoms with van der Waals surface area (Å²) in [5.74, 6) is -0.975. The SMILES string of the molecule is C=CCC1(SCC)S[C@@H]2[C@@H](C(C)O)C(=O)N2C1C(=O)O. The fourth-order valence-corrected chi connectivity index (χ4v) is 6.74. The van der Waals surface area contributed by atoms with Crippen LogP contribution in [0.1, 0.15) is 20.3 Å². The van der Waals surface area contributed by atoms with E-state index in [-0.39, 0.29) is 11.3 Å². The third-order valence-corrected chi connectivity index (χ3v) is 7.07. The summed E-state index contributed by atoms with van der Waals surface area (Å²) in [7, 11) is 0. The first-order valence-corrected chi connectivity index (χ1v) is 8.42. The number of β-lactam (4-membered cyclic amide) rings is 1. The van der Waals surface area contributed by atoms with Crippen LogP contribution in [-0.2, 0) is 9.59 Å². The standard InChI is InChI=1S/C13H19NO4S2/c1-4-6-13(19-5-2)9(12(17)18)14-10(16)8(7(3)15)11(14)20-13/h4,7-9,11,15H,1,5-6H2,2-3H3,(H,17,18)/t7?,8-,9?,11+,13?/m0/s1. The molecule has 112 valence electrons. The molecule has 2 aliphatic heterocycles. The minimum absolute atomic E-state index is 0.248. The van der Waals surface area contributed by atoms with Crippen LogP contribution in [0, 0.1) is 5.92 Å².